The summed E-state index contributed by atoms with van der Waals surface area (Å²) in [4.78, 5) is 14.2. The lowest BCUT2D eigenvalue weighted by atomic mass is 9.85. The Morgan fingerprint density at radius 1 is 1.48 bits per heavy atom. The first-order valence-electron chi connectivity index (χ1n) is 7.35. The molecule has 2 rings (SSSR count). The predicted molar refractivity (Wildman–Crippen MR) is 91.7 cm³/mol. The van der Waals surface area contributed by atoms with Crippen molar-refractivity contribution in [3.63, 3.8) is 0 Å². The molecule has 0 radical (unpaired) electrons. The van der Waals surface area contributed by atoms with E-state index in [4.69, 9.17) is 9.47 Å². The van der Waals surface area contributed by atoms with Gasteiger partial charge in [-0.15, -0.1) is 0 Å². The highest BCUT2D eigenvalue weighted by Gasteiger charge is 2.44. The van der Waals surface area contributed by atoms with Gasteiger partial charge >= 0.3 is 6.09 Å². The van der Waals surface area contributed by atoms with E-state index in [2.05, 4.69) is 22.0 Å². The Morgan fingerprint density at radius 2 is 2.13 bits per heavy atom. The van der Waals surface area contributed by atoms with Crippen LogP contribution >= 0.6 is 15.9 Å². The lowest BCUT2D eigenvalue weighted by Gasteiger charge is -2.27. The van der Waals surface area contributed by atoms with Crippen LogP contribution < -0.4 is 4.90 Å². The lowest BCUT2D eigenvalue weighted by molar-refractivity contribution is 0.0571. The van der Waals surface area contributed by atoms with Crippen LogP contribution in [-0.4, -0.2) is 32.0 Å². The van der Waals surface area contributed by atoms with E-state index in [0.29, 0.717) is 24.4 Å². The van der Waals surface area contributed by atoms with Gasteiger partial charge in [0.15, 0.2) is 0 Å². The Bertz CT molecular complexity index is 676. The number of methoxy groups -OCH3 is 1. The van der Waals surface area contributed by atoms with E-state index in [9.17, 15) is 10.1 Å². The number of ether oxygens (including phenoxy) is 2. The van der Waals surface area contributed by atoms with Crippen molar-refractivity contribution in [2.75, 3.05) is 25.2 Å². The molecule has 0 N–H and O–H groups in total. The van der Waals surface area contributed by atoms with Crippen LogP contribution in [0.2, 0.25) is 0 Å². The molecular weight excluding hydrogens is 360 g/mol. The summed E-state index contributed by atoms with van der Waals surface area (Å²) < 4.78 is 11.7. The molecule has 23 heavy (non-hydrogen) atoms. The van der Waals surface area contributed by atoms with Gasteiger partial charge < -0.3 is 9.47 Å². The van der Waals surface area contributed by atoms with E-state index < -0.39 is 17.1 Å². The normalized spacial score (nSPS) is 20.1. The van der Waals surface area contributed by atoms with Gasteiger partial charge in [-0.2, -0.15) is 5.26 Å². The van der Waals surface area contributed by atoms with Gasteiger partial charge in [0.05, 0.1) is 17.9 Å². The van der Waals surface area contributed by atoms with Gasteiger partial charge in [0.2, 0.25) is 0 Å². The second kappa shape index (κ2) is 6.14. The van der Waals surface area contributed by atoms with Crippen molar-refractivity contribution in [2.45, 2.75) is 38.7 Å². The first kappa shape index (κ1) is 17.8. The minimum atomic E-state index is -0.598. The molecule has 1 amide bonds. The summed E-state index contributed by atoms with van der Waals surface area (Å²) >= 11 is 3.44. The summed E-state index contributed by atoms with van der Waals surface area (Å²) in [6.07, 6.45) is -0.447. The first-order valence-corrected chi connectivity index (χ1v) is 8.14. The molecule has 1 aromatic carbocycles. The average Bonchev–Trinajstić information content (AvgIpc) is 2.70. The Balaban J connectivity index is 2.55. The molecule has 1 aromatic rings. The zero-order chi connectivity index (χ0) is 17.4. The van der Waals surface area contributed by atoms with Gasteiger partial charge in [0, 0.05) is 23.5 Å². The van der Waals surface area contributed by atoms with Crippen molar-refractivity contribution >= 4 is 27.7 Å². The quantitative estimate of drug-likeness (QED) is 0.778. The van der Waals surface area contributed by atoms with Crippen molar-refractivity contribution in [1.82, 2.24) is 0 Å². The number of fused-ring (bicyclic) bond motifs is 1. The van der Waals surface area contributed by atoms with Crippen LogP contribution in [0.4, 0.5) is 10.5 Å². The number of amides is 1. The molecule has 0 fully saturated rings. The number of carbonyl (C=O) groups excluding carboxylic acids is 1. The molecule has 0 saturated heterocycles. The lowest BCUT2D eigenvalue weighted by Crippen LogP contribution is -2.40. The van der Waals surface area contributed by atoms with Crippen LogP contribution in [0, 0.1) is 11.3 Å². The predicted octanol–water partition coefficient (Wildman–Crippen LogP) is 3.98. The summed E-state index contributed by atoms with van der Waals surface area (Å²) in [6.45, 7) is 8.35. The monoisotopic (exact) mass is 380 g/mol. The maximum absolute atomic E-state index is 12.6. The highest BCUT2D eigenvalue weighted by Crippen LogP contribution is 2.45. The van der Waals surface area contributed by atoms with Gasteiger partial charge in [0.25, 0.3) is 0 Å². The number of anilines is 1. The van der Waals surface area contributed by atoms with Crippen LogP contribution in [0.3, 0.4) is 0 Å². The van der Waals surface area contributed by atoms with Crippen molar-refractivity contribution in [1.29, 1.82) is 5.26 Å². The van der Waals surface area contributed by atoms with E-state index in [0.717, 1.165) is 10.0 Å². The maximum atomic E-state index is 12.6. The number of halogens is 1. The van der Waals surface area contributed by atoms with E-state index in [1.54, 1.807) is 18.1 Å². The molecule has 1 heterocycles. The van der Waals surface area contributed by atoms with Crippen molar-refractivity contribution in [2.24, 2.45) is 0 Å². The second-order valence-electron chi connectivity index (χ2n) is 7.02. The van der Waals surface area contributed by atoms with Crippen molar-refractivity contribution < 1.29 is 14.3 Å². The van der Waals surface area contributed by atoms with Crippen LogP contribution in [0.5, 0.6) is 0 Å². The summed E-state index contributed by atoms with van der Waals surface area (Å²) in [5.41, 5.74) is 0.983. The average molecular weight is 381 g/mol. The van der Waals surface area contributed by atoms with Crippen LogP contribution in [0.15, 0.2) is 16.6 Å². The first-order chi connectivity index (χ1) is 10.6. The van der Waals surface area contributed by atoms with E-state index >= 15 is 0 Å². The zero-order valence-corrected chi connectivity index (χ0v) is 15.7. The standard InChI is InChI=1S/C17H21BrN2O3/c1-16(2,3)23-15(21)20-9-17(4,10-22-5)13-7-12(18)6-11(8-19)14(13)20/h6-7H,9-10H2,1-5H3/t17-/m0/s1. The molecule has 0 aromatic heterocycles. The van der Waals surface area contributed by atoms with Gasteiger partial charge in [-0.3, -0.25) is 4.90 Å². The molecule has 0 saturated carbocycles. The van der Waals surface area contributed by atoms with E-state index in [1.165, 1.54) is 0 Å². The number of benzene rings is 1. The van der Waals surface area contributed by atoms with Crippen LogP contribution in [0.25, 0.3) is 0 Å². The number of rotatable bonds is 2. The van der Waals surface area contributed by atoms with Gasteiger partial charge in [0.1, 0.15) is 11.7 Å². The summed E-state index contributed by atoms with van der Waals surface area (Å²) in [7, 11) is 1.63. The summed E-state index contributed by atoms with van der Waals surface area (Å²) in [5.74, 6) is 0. The minimum Gasteiger partial charge on any atom is -0.443 e. The van der Waals surface area contributed by atoms with Gasteiger partial charge in [-0.25, -0.2) is 4.79 Å². The number of nitriles is 1. The SMILES string of the molecule is COC[C@]1(C)CN(C(=O)OC(C)(C)C)c2c(C#N)cc(Br)cc21. The number of carbonyl (C=O) groups is 1. The van der Waals surface area contributed by atoms with Crippen LogP contribution in [-0.2, 0) is 14.9 Å². The fourth-order valence-electron chi connectivity index (χ4n) is 2.86. The fourth-order valence-corrected chi connectivity index (χ4v) is 3.32. The summed E-state index contributed by atoms with van der Waals surface area (Å²) in [5, 5.41) is 9.48. The van der Waals surface area contributed by atoms with Gasteiger partial charge in [-0.1, -0.05) is 22.9 Å². The van der Waals surface area contributed by atoms with Crippen molar-refractivity contribution in [3.8, 4) is 6.07 Å². The molecule has 6 heteroatoms. The molecule has 1 aliphatic heterocycles. The third-order valence-corrected chi connectivity index (χ3v) is 4.16. The fraction of sp³-hybridized carbons (Fsp3) is 0.529. The molecule has 0 unspecified atom stereocenters. The molecular formula is C17H21BrN2O3. The molecule has 1 atom stereocenters. The highest BCUT2D eigenvalue weighted by molar-refractivity contribution is 9.10. The molecule has 1 aliphatic rings. The van der Waals surface area contributed by atoms with Crippen molar-refractivity contribution in [3.05, 3.63) is 27.7 Å². The number of hydrogen-bond donors (Lipinski definition) is 0. The summed E-state index contributed by atoms with van der Waals surface area (Å²) in [6, 6.07) is 5.84. The Labute approximate surface area is 145 Å². The molecule has 124 valence electrons. The smallest absolute Gasteiger partial charge is 0.414 e. The second-order valence-corrected chi connectivity index (χ2v) is 7.94. The molecule has 0 spiro atoms. The Hall–Kier alpha value is -1.58. The van der Waals surface area contributed by atoms with E-state index in [-0.39, 0.29) is 0 Å². The topological polar surface area (TPSA) is 62.6 Å². The Kier molecular flexibility index (Phi) is 4.74. The number of nitrogens with zero attached hydrogens (tertiary/aromatic N) is 2. The van der Waals surface area contributed by atoms with E-state index in [1.807, 2.05) is 33.8 Å². The number of hydrogen-bond acceptors (Lipinski definition) is 4. The zero-order valence-electron chi connectivity index (χ0n) is 14.1. The molecule has 0 bridgehead atoms. The largest absolute Gasteiger partial charge is 0.443 e. The van der Waals surface area contributed by atoms with Crippen LogP contribution in [0.1, 0.15) is 38.8 Å². The Morgan fingerprint density at radius 3 is 2.65 bits per heavy atom. The third kappa shape index (κ3) is 3.51. The minimum absolute atomic E-state index is 0.392. The third-order valence-electron chi connectivity index (χ3n) is 3.70. The molecule has 5 nitrogen and oxygen atoms in total. The maximum Gasteiger partial charge on any atom is 0.414 e. The van der Waals surface area contributed by atoms with Gasteiger partial charge in [-0.05, 0) is 38.5 Å². The highest BCUT2D eigenvalue weighted by atomic mass is 79.9. The molecule has 0 aliphatic carbocycles.